The van der Waals surface area contributed by atoms with Crippen LogP contribution in [-0.2, 0) is 0 Å². The average Bonchev–Trinajstić information content (AvgIpc) is 2.32. The van der Waals surface area contributed by atoms with Gasteiger partial charge < -0.3 is 10.4 Å². The highest BCUT2D eigenvalue weighted by Gasteiger charge is 2.25. The molecule has 0 aromatic heterocycles. The highest BCUT2D eigenvalue weighted by molar-refractivity contribution is 5.22. The molecule has 0 radical (unpaired) electrons. The number of hydrogen-bond donors (Lipinski definition) is 2. The summed E-state index contributed by atoms with van der Waals surface area (Å²) in [5.41, 5.74) is 0.706. The number of rotatable bonds is 2. The van der Waals surface area contributed by atoms with Crippen molar-refractivity contribution in [2.45, 2.75) is 18.9 Å². The van der Waals surface area contributed by atoms with Crippen LogP contribution in [0.5, 0.6) is 0 Å². The van der Waals surface area contributed by atoms with Crippen LogP contribution in [0.25, 0.3) is 0 Å². The van der Waals surface area contributed by atoms with Crippen molar-refractivity contribution in [3.05, 3.63) is 35.4 Å². The number of halogens is 2. The van der Waals surface area contributed by atoms with Gasteiger partial charge in [-0.3, -0.25) is 0 Å². The topological polar surface area (TPSA) is 32.3 Å². The summed E-state index contributed by atoms with van der Waals surface area (Å²) >= 11 is 0. The Balaban J connectivity index is 2.23. The van der Waals surface area contributed by atoms with Crippen molar-refractivity contribution in [3.63, 3.8) is 0 Å². The van der Waals surface area contributed by atoms with Gasteiger partial charge in [-0.25, -0.2) is 8.78 Å². The van der Waals surface area contributed by atoms with Crippen LogP contribution < -0.4 is 5.32 Å². The third-order valence-corrected chi connectivity index (χ3v) is 3.12. The van der Waals surface area contributed by atoms with Gasteiger partial charge >= 0.3 is 0 Å². The first-order valence-corrected chi connectivity index (χ1v) is 5.51. The second-order valence-electron chi connectivity index (χ2n) is 4.19. The Morgan fingerprint density at radius 2 is 2.12 bits per heavy atom. The maximum absolute atomic E-state index is 13.1. The van der Waals surface area contributed by atoms with Gasteiger partial charge in [0, 0.05) is 18.6 Å². The summed E-state index contributed by atoms with van der Waals surface area (Å²) < 4.78 is 25.9. The van der Waals surface area contributed by atoms with E-state index in [9.17, 15) is 13.9 Å². The Bertz CT molecular complexity index is 370. The van der Waals surface area contributed by atoms with Crippen LogP contribution in [0, 0.1) is 17.6 Å². The molecule has 1 aliphatic rings. The molecule has 1 heterocycles. The number of aliphatic hydroxyl groups is 1. The van der Waals surface area contributed by atoms with Crippen molar-refractivity contribution in [1.29, 1.82) is 0 Å². The zero-order chi connectivity index (χ0) is 11.5. The van der Waals surface area contributed by atoms with Gasteiger partial charge in [-0.05, 0) is 37.1 Å². The molecule has 2 nitrogen and oxygen atoms in total. The minimum Gasteiger partial charge on any atom is -0.396 e. The quantitative estimate of drug-likeness (QED) is 0.810. The molecule has 1 aromatic carbocycles. The first-order chi connectivity index (χ1) is 7.72. The molecule has 2 rings (SSSR count). The standard InChI is InChI=1S/C12H15F2NO/c13-10-4-3-8(6-11(10)14)12-9(7-16)2-1-5-15-12/h3-4,6,9,12,15-16H,1-2,5,7H2. The lowest BCUT2D eigenvalue weighted by molar-refractivity contribution is 0.160. The van der Waals surface area contributed by atoms with E-state index >= 15 is 0 Å². The fraction of sp³-hybridized carbons (Fsp3) is 0.500. The minimum atomic E-state index is -0.833. The summed E-state index contributed by atoms with van der Waals surface area (Å²) in [5.74, 6) is -1.58. The lowest BCUT2D eigenvalue weighted by Crippen LogP contribution is -2.36. The Hall–Kier alpha value is -1.00. The van der Waals surface area contributed by atoms with E-state index in [1.807, 2.05) is 0 Å². The van der Waals surface area contributed by atoms with Crippen LogP contribution >= 0.6 is 0 Å². The molecule has 0 bridgehead atoms. The van der Waals surface area contributed by atoms with Crippen LogP contribution in [0.3, 0.4) is 0 Å². The monoisotopic (exact) mass is 227 g/mol. The van der Waals surface area contributed by atoms with E-state index in [0.717, 1.165) is 25.5 Å². The molecule has 1 aromatic rings. The largest absolute Gasteiger partial charge is 0.396 e. The molecule has 16 heavy (non-hydrogen) atoms. The average molecular weight is 227 g/mol. The molecule has 2 atom stereocenters. The van der Waals surface area contributed by atoms with Gasteiger partial charge in [-0.15, -0.1) is 0 Å². The Labute approximate surface area is 93.3 Å². The predicted octanol–water partition coefficient (Wildman–Crippen LogP) is 2.00. The van der Waals surface area contributed by atoms with Crippen molar-refractivity contribution in [3.8, 4) is 0 Å². The fourth-order valence-corrected chi connectivity index (χ4v) is 2.25. The maximum atomic E-state index is 13.1. The normalized spacial score (nSPS) is 25.7. The van der Waals surface area contributed by atoms with Crippen LogP contribution in [0.15, 0.2) is 18.2 Å². The second-order valence-corrected chi connectivity index (χ2v) is 4.19. The maximum Gasteiger partial charge on any atom is 0.159 e. The van der Waals surface area contributed by atoms with E-state index in [1.54, 1.807) is 6.07 Å². The van der Waals surface area contributed by atoms with Gasteiger partial charge in [0.1, 0.15) is 0 Å². The lowest BCUT2D eigenvalue weighted by Gasteiger charge is -2.31. The van der Waals surface area contributed by atoms with Crippen LogP contribution in [0.2, 0.25) is 0 Å². The third-order valence-electron chi connectivity index (χ3n) is 3.12. The first kappa shape index (κ1) is 11.5. The van der Waals surface area contributed by atoms with Gasteiger partial charge in [-0.1, -0.05) is 6.07 Å². The Kier molecular flexibility index (Phi) is 3.51. The van der Waals surface area contributed by atoms with Gasteiger partial charge in [0.2, 0.25) is 0 Å². The molecule has 1 fully saturated rings. The molecule has 0 aliphatic carbocycles. The molecule has 1 saturated heterocycles. The Morgan fingerprint density at radius 1 is 1.31 bits per heavy atom. The number of nitrogens with one attached hydrogen (secondary N) is 1. The molecule has 0 amide bonds. The van der Waals surface area contributed by atoms with Crippen molar-refractivity contribution in [2.24, 2.45) is 5.92 Å². The van der Waals surface area contributed by atoms with E-state index in [0.29, 0.717) is 5.56 Å². The second kappa shape index (κ2) is 4.89. The minimum absolute atomic E-state index is 0.0661. The predicted molar refractivity (Wildman–Crippen MR) is 56.9 cm³/mol. The summed E-state index contributed by atoms with van der Waals surface area (Å²) in [7, 11) is 0. The molecule has 2 unspecified atom stereocenters. The molecule has 0 saturated carbocycles. The van der Waals surface area contributed by atoms with Gasteiger partial charge in [-0.2, -0.15) is 0 Å². The van der Waals surface area contributed by atoms with Crippen molar-refractivity contribution >= 4 is 0 Å². The molecular formula is C12H15F2NO. The van der Waals surface area contributed by atoms with Crippen molar-refractivity contribution in [2.75, 3.05) is 13.2 Å². The zero-order valence-electron chi connectivity index (χ0n) is 8.92. The summed E-state index contributed by atoms with van der Waals surface area (Å²) in [6, 6.07) is 3.84. The summed E-state index contributed by atoms with van der Waals surface area (Å²) in [5, 5.41) is 12.5. The van der Waals surface area contributed by atoms with Crippen LogP contribution in [0.1, 0.15) is 24.4 Å². The molecule has 4 heteroatoms. The highest BCUT2D eigenvalue weighted by Crippen LogP contribution is 2.29. The zero-order valence-corrected chi connectivity index (χ0v) is 8.92. The molecule has 1 aliphatic heterocycles. The van der Waals surface area contributed by atoms with E-state index < -0.39 is 11.6 Å². The van der Waals surface area contributed by atoms with Crippen LogP contribution in [-0.4, -0.2) is 18.3 Å². The number of benzene rings is 1. The molecular weight excluding hydrogens is 212 g/mol. The van der Waals surface area contributed by atoms with E-state index in [-0.39, 0.29) is 18.6 Å². The van der Waals surface area contributed by atoms with E-state index in [1.165, 1.54) is 6.07 Å². The summed E-state index contributed by atoms with van der Waals surface area (Å²) in [4.78, 5) is 0. The Morgan fingerprint density at radius 3 is 2.81 bits per heavy atom. The first-order valence-electron chi connectivity index (χ1n) is 5.51. The fourth-order valence-electron chi connectivity index (χ4n) is 2.25. The third kappa shape index (κ3) is 2.23. The number of hydrogen-bond acceptors (Lipinski definition) is 2. The molecule has 2 N–H and O–H groups in total. The number of piperidine rings is 1. The smallest absolute Gasteiger partial charge is 0.159 e. The van der Waals surface area contributed by atoms with Crippen molar-refractivity contribution in [1.82, 2.24) is 5.32 Å². The molecule has 0 spiro atoms. The highest BCUT2D eigenvalue weighted by atomic mass is 19.2. The molecule has 88 valence electrons. The van der Waals surface area contributed by atoms with Gasteiger partial charge in [0.15, 0.2) is 11.6 Å². The summed E-state index contributed by atoms with van der Waals surface area (Å²) in [6.45, 7) is 0.914. The van der Waals surface area contributed by atoms with Crippen molar-refractivity contribution < 1.29 is 13.9 Å². The number of aliphatic hydroxyl groups excluding tert-OH is 1. The summed E-state index contributed by atoms with van der Waals surface area (Å²) in [6.07, 6.45) is 1.92. The van der Waals surface area contributed by atoms with Gasteiger partial charge in [0.25, 0.3) is 0 Å². The van der Waals surface area contributed by atoms with E-state index in [2.05, 4.69) is 5.32 Å². The SMILES string of the molecule is OCC1CCCNC1c1ccc(F)c(F)c1. The van der Waals surface area contributed by atoms with Gasteiger partial charge in [0.05, 0.1) is 0 Å². The lowest BCUT2D eigenvalue weighted by atomic mass is 9.87. The van der Waals surface area contributed by atoms with E-state index in [4.69, 9.17) is 0 Å². The van der Waals surface area contributed by atoms with Crippen LogP contribution in [0.4, 0.5) is 8.78 Å².